The molecule has 162 valence electrons. The van der Waals surface area contributed by atoms with Crippen LogP contribution in [-0.2, 0) is 16.1 Å². The van der Waals surface area contributed by atoms with Gasteiger partial charge in [0.1, 0.15) is 0 Å². The number of hydrogen-bond acceptors (Lipinski definition) is 5. The van der Waals surface area contributed by atoms with Gasteiger partial charge in [-0.25, -0.2) is 9.48 Å². The van der Waals surface area contributed by atoms with Gasteiger partial charge in [-0.1, -0.05) is 56.0 Å². The van der Waals surface area contributed by atoms with E-state index >= 15 is 0 Å². The number of anilines is 1. The first-order valence-electron chi connectivity index (χ1n) is 10.2. The zero-order chi connectivity index (χ0) is 22.2. The largest absolute Gasteiger partial charge is 0.451 e. The monoisotopic (exact) mass is 441 g/mol. The number of nitrogens with one attached hydrogen (secondary N) is 1. The molecule has 0 aliphatic rings. The fraction of sp³-hybridized carbons (Fsp3) is 0.304. The van der Waals surface area contributed by atoms with Gasteiger partial charge in [0, 0.05) is 22.6 Å². The Morgan fingerprint density at radius 3 is 2.45 bits per heavy atom. The van der Waals surface area contributed by atoms with E-state index in [0.717, 1.165) is 25.7 Å². The number of carbonyl (C=O) groups excluding carboxylic acids is 2. The Labute approximate surface area is 185 Å². The molecule has 1 heterocycles. The van der Waals surface area contributed by atoms with Crippen LogP contribution in [0.2, 0.25) is 5.02 Å². The van der Waals surface area contributed by atoms with E-state index in [0.29, 0.717) is 28.0 Å². The number of carbonyl (C=O) groups is 2. The van der Waals surface area contributed by atoms with Crippen LogP contribution in [0.1, 0.15) is 43.1 Å². The molecule has 0 atom stereocenters. The van der Waals surface area contributed by atoms with Crippen molar-refractivity contribution in [2.45, 2.75) is 39.2 Å². The summed E-state index contributed by atoms with van der Waals surface area (Å²) >= 11 is 5.82. The van der Waals surface area contributed by atoms with Gasteiger partial charge in [0.2, 0.25) is 0 Å². The highest BCUT2D eigenvalue weighted by atomic mass is 35.5. The first kappa shape index (κ1) is 22.5. The molecule has 31 heavy (non-hydrogen) atoms. The molecule has 0 aliphatic heterocycles. The van der Waals surface area contributed by atoms with E-state index in [1.165, 1.54) is 4.68 Å². The number of benzene rings is 2. The lowest BCUT2D eigenvalue weighted by Crippen LogP contribution is -2.28. The van der Waals surface area contributed by atoms with Gasteiger partial charge in [-0.2, -0.15) is 5.10 Å². The summed E-state index contributed by atoms with van der Waals surface area (Å²) in [7, 11) is 0. The average Bonchev–Trinajstić information content (AvgIpc) is 2.78. The van der Waals surface area contributed by atoms with Crippen molar-refractivity contribution in [2.75, 3.05) is 11.9 Å². The molecule has 3 rings (SSSR count). The maximum Gasteiger partial charge on any atom is 0.359 e. The molecule has 1 aromatic heterocycles. The third-order valence-electron chi connectivity index (χ3n) is 4.75. The van der Waals surface area contributed by atoms with Gasteiger partial charge in [0.25, 0.3) is 11.5 Å². The van der Waals surface area contributed by atoms with Crippen molar-refractivity contribution >= 4 is 39.9 Å². The zero-order valence-corrected chi connectivity index (χ0v) is 18.0. The smallest absolute Gasteiger partial charge is 0.359 e. The van der Waals surface area contributed by atoms with Crippen LogP contribution >= 0.6 is 11.6 Å². The molecule has 0 bridgehead atoms. The van der Waals surface area contributed by atoms with Gasteiger partial charge in [-0.3, -0.25) is 9.59 Å². The highest BCUT2D eigenvalue weighted by Gasteiger charge is 2.19. The van der Waals surface area contributed by atoms with Gasteiger partial charge in [-0.15, -0.1) is 0 Å². The molecule has 0 fully saturated rings. The van der Waals surface area contributed by atoms with Crippen LogP contribution in [0.3, 0.4) is 0 Å². The summed E-state index contributed by atoms with van der Waals surface area (Å²) in [6.07, 6.45) is 3.91. The number of aromatic nitrogens is 2. The first-order chi connectivity index (χ1) is 15.0. The predicted octanol–water partition coefficient (Wildman–Crippen LogP) is 4.43. The summed E-state index contributed by atoms with van der Waals surface area (Å²) in [5.41, 5.74) is 0.309. The number of esters is 1. The number of amides is 1. The SMILES string of the molecule is CCCCCCn1nc(C(=O)OCC(=O)Nc2ccc(Cl)cc2)c2ccccc2c1=O. The molecule has 0 radical (unpaired) electrons. The summed E-state index contributed by atoms with van der Waals surface area (Å²) in [4.78, 5) is 37.6. The van der Waals surface area contributed by atoms with Crippen molar-refractivity contribution in [2.24, 2.45) is 0 Å². The summed E-state index contributed by atoms with van der Waals surface area (Å²) in [5.74, 6) is -1.25. The summed E-state index contributed by atoms with van der Waals surface area (Å²) < 4.78 is 6.48. The standard InChI is InChI=1S/C23H24ClN3O4/c1-2-3-4-7-14-27-22(29)19-9-6-5-8-18(19)21(26-27)23(30)31-15-20(28)25-17-12-10-16(24)11-13-17/h5-6,8-13H,2-4,7,14-15H2,1H3,(H,25,28). The number of nitrogens with zero attached hydrogens (tertiary/aromatic N) is 2. The molecule has 0 saturated heterocycles. The maximum absolute atomic E-state index is 12.7. The third-order valence-corrected chi connectivity index (χ3v) is 5.00. The maximum atomic E-state index is 12.7. The number of hydrogen-bond donors (Lipinski definition) is 1. The van der Waals surface area contributed by atoms with Crippen LogP contribution < -0.4 is 10.9 Å². The fourth-order valence-corrected chi connectivity index (χ4v) is 3.28. The summed E-state index contributed by atoms with van der Waals surface area (Å²) in [5, 5.41) is 8.22. The molecule has 2 aromatic carbocycles. The van der Waals surface area contributed by atoms with Crippen LogP contribution in [0.5, 0.6) is 0 Å². The molecule has 0 aliphatic carbocycles. The van der Waals surface area contributed by atoms with Crippen molar-refractivity contribution in [3.05, 3.63) is 69.6 Å². The molecule has 8 heteroatoms. The summed E-state index contributed by atoms with van der Waals surface area (Å²) in [6.45, 7) is 2.05. The third kappa shape index (κ3) is 5.92. The molecular formula is C23H24ClN3O4. The summed E-state index contributed by atoms with van der Waals surface area (Å²) in [6, 6.07) is 13.3. The van der Waals surface area contributed by atoms with Crippen LogP contribution in [0.4, 0.5) is 5.69 Å². The second-order valence-corrected chi connectivity index (χ2v) is 7.55. The minimum absolute atomic E-state index is 0.0185. The average molecular weight is 442 g/mol. The number of rotatable bonds is 9. The normalized spacial score (nSPS) is 10.8. The van der Waals surface area contributed by atoms with Gasteiger partial charge >= 0.3 is 5.97 Å². The first-order valence-corrected chi connectivity index (χ1v) is 10.6. The lowest BCUT2D eigenvalue weighted by molar-refractivity contribution is -0.119. The van der Waals surface area contributed by atoms with E-state index in [1.54, 1.807) is 48.5 Å². The Morgan fingerprint density at radius 1 is 1.03 bits per heavy atom. The molecule has 0 unspecified atom stereocenters. The number of halogens is 1. The Bertz CT molecular complexity index is 1130. The van der Waals surface area contributed by atoms with E-state index in [9.17, 15) is 14.4 Å². The quantitative estimate of drug-likeness (QED) is 0.392. The molecule has 1 amide bonds. The minimum atomic E-state index is -0.759. The van der Waals surface area contributed by atoms with E-state index in [2.05, 4.69) is 17.3 Å². The van der Waals surface area contributed by atoms with Crippen LogP contribution in [0, 0.1) is 0 Å². The van der Waals surface area contributed by atoms with E-state index in [-0.39, 0.29) is 11.3 Å². The van der Waals surface area contributed by atoms with Crippen molar-refractivity contribution in [3.63, 3.8) is 0 Å². The van der Waals surface area contributed by atoms with Gasteiger partial charge in [0.05, 0.1) is 5.39 Å². The lowest BCUT2D eigenvalue weighted by atomic mass is 10.1. The van der Waals surface area contributed by atoms with E-state index in [4.69, 9.17) is 16.3 Å². The Kier molecular flexibility index (Phi) is 7.78. The van der Waals surface area contributed by atoms with Gasteiger partial charge < -0.3 is 10.1 Å². The van der Waals surface area contributed by atoms with Crippen molar-refractivity contribution in [1.29, 1.82) is 0 Å². The van der Waals surface area contributed by atoms with Crippen molar-refractivity contribution < 1.29 is 14.3 Å². The molecule has 3 aromatic rings. The van der Waals surface area contributed by atoms with E-state index < -0.39 is 18.5 Å². The number of ether oxygens (including phenoxy) is 1. The zero-order valence-electron chi connectivity index (χ0n) is 17.3. The number of unbranched alkanes of at least 4 members (excludes halogenated alkanes) is 3. The molecule has 7 nitrogen and oxygen atoms in total. The van der Waals surface area contributed by atoms with E-state index in [1.807, 2.05) is 0 Å². The molecule has 0 saturated carbocycles. The Morgan fingerprint density at radius 2 is 1.74 bits per heavy atom. The number of aryl methyl sites for hydroxylation is 1. The molecule has 0 spiro atoms. The fourth-order valence-electron chi connectivity index (χ4n) is 3.16. The van der Waals surface area contributed by atoms with Crippen molar-refractivity contribution in [1.82, 2.24) is 9.78 Å². The van der Waals surface area contributed by atoms with Crippen LogP contribution in [0.25, 0.3) is 10.8 Å². The van der Waals surface area contributed by atoms with Crippen LogP contribution in [-0.4, -0.2) is 28.3 Å². The Balaban J connectivity index is 1.74. The topological polar surface area (TPSA) is 90.3 Å². The van der Waals surface area contributed by atoms with Gasteiger partial charge in [0.15, 0.2) is 12.3 Å². The second-order valence-electron chi connectivity index (χ2n) is 7.11. The number of fused-ring (bicyclic) bond motifs is 1. The Hall–Kier alpha value is -3.19. The lowest BCUT2D eigenvalue weighted by Gasteiger charge is -2.11. The van der Waals surface area contributed by atoms with Gasteiger partial charge in [-0.05, 0) is 36.8 Å². The molecule has 1 N–H and O–H groups in total. The second kappa shape index (κ2) is 10.7. The predicted molar refractivity (Wildman–Crippen MR) is 121 cm³/mol. The van der Waals surface area contributed by atoms with Crippen LogP contribution in [0.15, 0.2) is 53.3 Å². The van der Waals surface area contributed by atoms with Crippen molar-refractivity contribution in [3.8, 4) is 0 Å². The molecular weight excluding hydrogens is 418 g/mol. The minimum Gasteiger partial charge on any atom is -0.451 e. The highest BCUT2D eigenvalue weighted by Crippen LogP contribution is 2.16. The highest BCUT2D eigenvalue weighted by molar-refractivity contribution is 6.30.